The van der Waals surface area contributed by atoms with Crippen molar-refractivity contribution in [2.45, 2.75) is 88.1 Å². The molecule has 0 aliphatic rings. The molecule has 6 atom stereocenters. The largest absolute Gasteiger partial charge is 0.481 e. The highest BCUT2D eigenvalue weighted by Gasteiger charge is 2.35. The zero-order valence-corrected chi connectivity index (χ0v) is 39.7. The number of carbonyl (C=O) groups is 13. The van der Waals surface area contributed by atoms with Gasteiger partial charge in [-0.25, -0.2) is 9.59 Å². The zero-order valence-electron chi connectivity index (χ0n) is 39.1. The van der Waals surface area contributed by atoms with Crippen LogP contribution >= 0.6 is 21.6 Å². The van der Waals surface area contributed by atoms with Gasteiger partial charge >= 0.3 is 29.8 Å². The van der Waals surface area contributed by atoms with E-state index in [-0.39, 0.29) is 42.8 Å². The van der Waals surface area contributed by atoms with Crippen LogP contribution in [0.3, 0.4) is 0 Å². The van der Waals surface area contributed by atoms with Gasteiger partial charge in [-0.05, 0) is 31.7 Å². The molecular formula is C40H54N10O20S2. The fraction of sp³-hybridized carbons (Fsp3) is 0.475. The Kier molecular flexibility index (Phi) is 28.0. The number of nitrogens with zero attached hydrogens (tertiary/aromatic N) is 2. The average molecular weight is 1060 g/mol. The number of ketones is 1. The van der Waals surface area contributed by atoms with Crippen molar-refractivity contribution < 1.29 is 98.8 Å². The lowest BCUT2D eigenvalue weighted by Crippen LogP contribution is -2.59. The fourth-order valence-corrected chi connectivity index (χ4v) is 7.50. The third-order valence-corrected chi connectivity index (χ3v) is 11.4. The van der Waals surface area contributed by atoms with Crippen molar-refractivity contribution in [2.24, 2.45) is 21.6 Å². The Bertz CT molecular complexity index is 2230. The lowest BCUT2D eigenvalue weighted by Gasteiger charge is -2.26. The van der Waals surface area contributed by atoms with Gasteiger partial charge in [0.05, 0.1) is 25.5 Å². The minimum Gasteiger partial charge on any atom is -0.481 e. The Morgan fingerprint density at radius 2 is 1.15 bits per heavy atom. The number of hydrogen-bond donors (Lipinski definition) is 13. The molecule has 6 amide bonds. The molecule has 0 aliphatic carbocycles. The number of aliphatic imine (C=N–C) groups is 1. The first-order valence-corrected chi connectivity index (χ1v) is 23.4. The molecule has 396 valence electrons. The normalized spacial score (nSPS) is 13.4. The molecule has 0 heterocycles. The van der Waals surface area contributed by atoms with E-state index < -0.39 is 153 Å². The number of nitrogens with one attached hydrogen (secondary N) is 6. The number of oxime groups is 1. The van der Waals surface area contributed by atoms with Gasteiger partial charge in [0.15, 0.2) is 19.7 Å². The molecule has 0 radical (unpaired) electrons. The van der Waals surface area contributed by atoms with Gasteiger partial charge in [0.25, 0.3) is 12.4 Å². The van der Waals surface area contributed by atoms with E-state index >= 15 is 0 Å². The first-order valence-electron chi connectivity index (χ1n) is 21.4. The molecule has 32 heteroatoms. The predicted octanol–water partition coefficient (Wildman–Crippen LogP) is -3.87. The highest BCUT2D eigenvalue weighted by Crippen LogP contribution is 2.22. The van der Waals surface area contributed by atoms with Gasteiger partial charge in [0.2, 0.25) is 29.5 Å². The number of Topliss-reactive ketones (excluding diaryl/α,β-unsaturated/α-hetero) is 1. The number of carboxylic acid groups (broad SMARTS) is 5. The summed E-state index contributed by atoms with van der Waals surface area (Å²) in [5.41, 5.74) is 11.6. The Labute approximate surface area is 417 Å². The molecule has 0 aromatic heterocycles. The standard InChI is InChI=1S/C40H54N10O20S2/c1-20(52)22-6-4-21(5-7-22)16-44-70-17-30(54)45-24(38(65)66)8-9-29(53)46-25(13-31(55)56)35(62)47-23(3-2-10-43-40(41)42)34(61)48-26(14-32(57)58)36(63)49-27(15-33(59)60)37(64)50-28(39(67)68)18-72-71-12-11-69-19-51/h4-7,16,19,23-28H,2-3,8-15,17-18H2,1H3,(H,45,54)(H,46,53)(H,47,62)(H,48,61)(H,49,63)(H,50,64)(H,55,56)(H,57,58)(H,59,60)(H,65,66)(H,67,68)(H4,41,42,43)/t23-,24-,25-,26-,27-,28-/m1/s1/i19D. The number of carbonyl (C=O) groups excluding carboxylic acids is 8. The van der Waals surface area contributed by atoms with Gasteiger partial charge in [0.1, 0.15) is 42.9 Å². The van der Waals surface area contributed by atoms with Crippen LogP contribution in [0, 0.1) is 0 Å². The van der Waals surface area contributed by atoms with E-state index in [1.54, 1.807) is 12.1 Å². The maximum atomic E-state index is 13.7. The summed E-state index contributed by atoms with van der Waals surface area (Å²) < 4.78 is 11.1. The van der Waals surface area contributed by atoms with E-state index in [4.69, 9.17) is 17.7 Å². The van der Waals surface area contributed by atoms with E-state index in [2.05, 4.69) is 30.8 Å². The quantitative estimate of drug-likeness (QED) is 0.00582. The highest BCUT2D eigenvalue weighted by molar-refractivity contribution is 8.76. The van der Waals surface area contributed by atoms with Crippen molar-refractivity contribution in [3.05, 3.63) is 35.4 Å². The Hall–Kier alpha value is -8.03. The maximum absolute atomic E-state index is 13.7. The summed E-state index contributed by atoms with van der Waals surface area (Å²) in [6.07, 6.45) is -5.51. The summed E-state index contributed by atoms with van der Waals surface area (Å²) in [7, 11) is 1.87. The lowest BCUT2D eigenvalue weighted by atomic mass is 10.1. The number of benzene rings is 1. The second-order valence-corrected chi connectivity index (χ2v) is 17.3. The summed E-state index contributed by atoms with van der Waals surface area (Å²) in [5.74, 6) is -16.7. The second-order valence-electron chi connectivity index (χ2n) is 14.7. The van der Waals surface area contributed by atoms with Crippen molar-refractivity contribution in [2.75, 3.05) is 31.3 Å². The van der Waals surface area contributed by atoms with Gasteiger partial charge < -0.3 is 78.5 Å². The molecule has 1 aromatic rings. The molecule has 1 rings (SSSR count). The molecule has 0 bridgehead atoms. The number of nitrogens with two attached hydrogens (primary N) is 2. The summed E-state index contributed by atoms with van der Waals surface area (Å²) in [5, 5.41) is 63.9. The molecule has 72 heavy (non-hydrogen) atoms. The third-order valence-electron chi connectivity index (χ3n) is 8.98. The Balaban J connectivity index is 3.19. The van der Waals surface area contributed by atoms with Crippen LogP contribution < -0.4 is 43.4 Å². The van der Waals surface area contributed by atoms with Crippen LogP contribution in [-0.2, 0) is 67.1 Å². The van der Waals surface area contributed by atoms with Crippen LogP contribution in [0.25, 0.3) is 0 Å². The zero-order chi connectivity index (χ0) is 55.2. The SMILES string of the molecule is [2H]C(=O)OCCSSC[C@@H](NC(=O)[C@@H](CC(=O)O)NC(=O)[C@@H](CC(=O)O)NC(=O)[C@@H](CCCN=C(N)N)NC(=O)[C@@H](CC(=O)O)NC(=O)CC[C@@H](NC(=O)CON=Cc1ccc(C(C)=O)cc1)C(=O)O)C(=O)O. The number of carboxylic acids is 5. The van der Waals surface area contributed by atoms with Gasteiger partial charge in [-0.3, -0.25) is 57.7 Å². The summed E-state index contributed by atoms with van der Waals surface area (Å²) in [6, 6.07) is -5.23. The van der Waals surface area contributed by atoms with Crippen molar-refractivity contribution in [1.82, 2.24) is 31.9 Å². The molecule has 0 fully saturated rings. The van der Waals surface area contributed by atoms with Crippen LogP contribution in [-0.4, -0.2) is 183 Å². The Morgan fingerprint density at radius 1 is 0.667 bits per heavy atom. The van der Waals surface area contributed by atoms with Crippen LogP contribution in [0.1, 0.15) is 69.2 Å². The third kappa shape index (κ3) is 26.7. The highest BCUT2D eigenvalue weighted by atomic mass is 33.1. The first-order chi connectivity index (χ1) is 34.3. The summed E-state index contributed by atoms with van der Waals surface area (Å²) >= 11 is 0. The molecule has 15 N–H and O–H groups in total. The van der Waals surface area contributed by atoms with Gasteiger partial charge in [-0.15, -0.1) is 0 Å². The van der Waals surface area contributed by atoms with Crippen LogP contribution in [0.2, 0.25) is 0 Å². The van der Waals surface area contributed by atoms with Crippen molar-refractivity contribution in [3.63, 3.8) is 0 Å². The first kappa shape index (κ1) is 60.1. The predicted molar refractivity (Wildman–Crippen MR) is 250 cm³/mol. The molecule has 0 aliphatic heterocycles. The number of ether oxygens (including phenoxy) is 1. The molecular weight excluding hydrogens is 1000 g/mol. The summed E-state index contributed by atoms with van der Waals surface area (Å²) in [6.45, 7) is 0.235. The average Bonchev–Trinajstić information content (AvgIpc) is 3.29. The van der Waals surface area contributed by atoms with Crippen molar-refractivity contribution >= 4 is 111 Å². The minimum atomic E-state index is -2.14. The van der Waals surface area contributed by atoms with E-state index in [1.165, 1.54) is 25.3 Å². The number of aliphatic carboxylic acids is 5. The monoisotopic (exact) mass is 1060 g/mol. The van der Waals surface area contributed by atoms with Crippen molar-refractivity contribution in [3.8, 4) is 0 Å². The number of guanidine groups is 1. The topological polar surface area (TPSA) is 490 Å². The fourth-order valence-electron chi connectivity index (χ4n) is 5.51. The number of amides is 6. The van der Waals surface area contributed by atoms with Crippen LogP contribution in [0.15, 0.2) is 34.4 Å². The van der Waals surface area contributed by atoms with E-state index in [0.29, 0.717) is 11.1 Å². The lowest BCUT2D eigenvalue weighted by molar-refractivity contribution is -0.145. The summed E-state index contributed by atoms with van der Waals surface area (Å²) in [4.78, 5) is 169. The number of rotatable bonds is 36. The van der Waals surface area contributed by atoms with E-state index in [9.17, 15) is 87.9 Å². The molecule has 30 nitrogen and oxygen atoms in total. The molecule has 0 spiro atoms. The van der Waals surface area contributed by atoms with E-state index in [1.807, 2.05) is 16.0 Å². The van der Waals surface area contributed by atoms with Gasteiger partial charge in [-0.2, -0.15) is 0 Å². The molecule has 0 saturated carbocycles. The molecule has 1 aromatic carbocycles. The smallest absolute Gasteiger partial charge is 0.327 e. The maximum Gasteiger partial charge on any atom is 0.327 e. The molecule has 0 saturated heterocycles. The van der Waals surface area contributed by atoms with Crippen molar-refractivity contribution in [1.29, 1.82) is 0 Å². The van der Waals surface area contributed by atoms with Gasteiger partial charge in [0, 0.05) is 30.0 Å². The Morgan fingerprint density at radius 3 is 1.64 bits per heavy atom. The minimum absolute atomic E-state index is 0.115. The van der Waals surface area contributed by atoms with Crippen LogP contribution in [0.4, 0.5) is 0 Å². The van der Waals surface area contributed by atoms with E-state index in [0.717, 1.165) is 21.6 Å². The van der Waals surface area contributed by atoms with Crippen LogP contribution in [0.5, 0.6) is 0 Å². The van der Waals surface area contributed by atoms with Gasteiger partial charge in [-0.1, -0.05) is 51.0 Å². The number of hydrogen-bond acceptors (Lipinski definition) is 19. The second kappa shape index (κ2) is 33.5. The molecule has 0 unspecified atom stereocenters.